The van der Waals surface area contributed by atoms with E-state index in [1.165, 1.54) is 0 Å². The number of hydrogen-bond acceptors (Lipinski definition) is 4. The summed E-state index contributed by atoms with van der Waals surface area (Å²) in [5.41, 5.74) is 6.14. The van der Waals surface area contributed by atoms with E-state index >= 15 is 0 Å². The minimum Gasteiger partial charge on any atom is -0.346 e. The van der Waals surface area contributed by atoms with Crippen molar-refractivity contribution < 1.29 is 9.47 Å². The average molecular weight is 356 g/mol. The summed E-state index contributed by atoms with van der Waals surface area (Å²) in [4.78, 5) is 9.26. The van der Waals surface area contributed by atoms with E-state index in [9.17, 15) is 0 Å². The highest BCUT2D eigenvalue weighted by atomic mass is 16.7. The third-order valence-electron chi connectivity index (χ3n) is 5.08. The van der Waals surface area contributed by atoms with Gasteiger partial charge in [-0.05, 0) is 12.1 Å². The Kier molecular flexibility index (Phi) is 3.11. The first kappa shape index (κ1) is 14.9. The summed E-state index contributed by atoms with van der Waals surface area (Å²) >= 11 is 0. The van der Waals surface area contributed by atoms with Crippen LogP contribution < -0.4 is 0 Å². The molecule has 2 aromatic carbocycles. The summed E-state index contributed by atoms with van der Waals surface area (Å²) < 4.78 is 15.4. The van der Waals surface area contributed by atoms with Gasteiger partial charge in [-0.15, -0.1) is 0 Å². The highest BCUT2D eigenvalue weighted by Crippen LogP contribution is 2.29. The maximum Gasteiger partial charge on any atom is 0.184 e. The predicted molar refractivity (Wildman–Crippen MR) is 102 cm³/mol. The molecule has 6 nitrogen and oxygen atoms in total. The standard InChI is InChI=1S/C21H16N4O2/c1-2-4-17-16(3-1)24-10-9-22-20(24)18-13-23-19(25(17)18)14-5-7-15(8-6-14)21-26-11-12-27-21/h1-10,13,21H,11-12H2. The molecule has 0 spiro atoms. The van der Waals surface area contributed by atoms with Crippen molar-refractivity contribution in [1.29, 1.82) is 0 Å². The van der Waals surface area contributed by atoms with Gasteiger partial charge in [-0.25, -0.2) is 9.97 Å². The number of nitrogens with zero attached hydrogens (tertiary/aromatic N) is 4. The van der Waals surface area contributed by atoms with Crippen LogP contribution in [0, 0.1) is 0 Å². The van der Waals surface area contributed by atoms with Crippen molar-refractivity contribution in [1.82, 2.24) is 18.8 Å². The Labute approximate surface area is 154 Å². The lowest BCUT2D eigenvalue weighted by Gasteiger charge is -2.11. The number of fused-ring (bicyclic) bond motifs is 6. The molecule has 132 valence electrons. The second-order valence-electron chi connectivity index (χ2n) is 6.61. The zero-order valence-electron chi connectivity index (χ0n) is 14.4. The summed E-state index contributed by atoms with van der Waals surface area (Å²) in [5.74, 6) is 0.895. The van der Waals surface area contributed by atoms with Crippen LogP contribution in [-0.4, -0.2) is 32.0 Å². The van der Waals surface area contributed by atoms with Gasteiger partial charge in [-0.2, -0.15) is 0 Å². The second kappa shape index (κ2) is 5.64. The normalized spacial score (nSPS) is 15.4. The van der Waals surface area contributed by atoms with Gasteiger partial charge in [0.15, 0.2) is 11.9 Å². The van der Waals surface area contributed by atoms with Crippen molar-refractivity contribution in [3.8, 4) is 11.4 Å². The van der Waals surface area contributed by atoms with Crippen LogP contribution >= 0.6 is 0 Å². The van der Waals surface area contributed by atoms with Gasteiger partial charge in [0.2, 0.25) is 0 Å². The molecule has 6 heteroatoms. The van der Waals surface area contributed by atoms with E-state index < -0.39 is 0 Å². The first-order valence-corrected chi connectivity index (χ1v) is 8.95. The van der Waals surface area contributed by atoms with Crippen molar-refractivity contribution in [2.24, 2.45) is 0 Å². The molecule has 0 bridgehead atoms. The molecule has 4 heterocycles. The fraction of sp³-hybridized carbons (Fsp3) is 0.143. The smallest absolute Gasteiger partial charge is 0.184 e. The third kappa shape index (κ3) is 2.14. The van der Waals surface area contributed by atoms with Gasteiger partial charge in [0.1, 0.15) is 11.3 Å². The first-order valence-electron chi connectivity index (χ1n) is 8.95. The van der Waals surface area contributed by atoms with E-state index in [4.69, 9.17) is 14.5 Å². The maximum atomic E-state index is 5.58. The van der Waals surface area contributed by atoms with Crippen LogP contribution in [-0.2, 0) is 9.47 Å². The molecular formula is C21H16N4O2. The maximum absolute atomic E-state index is 5.58. The van der Waals surface area contributed by atoms with Crippen molar-refractivity contribution in [2.75, 3.05) is 13.2 Å². The molecule has 0 N–H and O–H groups in total. The topological polar surface area (TPSA) is 53.1 Å². The van der Waals surface area contributed by atoms with Gasteiger partial charge >= 0.3 is 0 Å². The van der Waals surface area contributed by atoms with Crippen LogP contribution in [0.1, 0.15) is 11.9 Å². The predicted octanol–water partition coefficient (Wildman–Crippen LogP) is 3.85. The summed E-state index contributed by atoms with van der Waals surface area (Å²) in [6.45, 7) is 1.28. The Bertz CT molecular complexity index is 1280. The van der Waals surface area contributed by atoms with E-state index in [-0.39, 0.29) is 6.29 Å². The molecular weight excluding hydrogens is 340 g/mol. The number of para-hydroxylation sites is 2. The molecule has 1 aliphatic heterocycles. The fourth-order valence-electron chi connectivity index (χ4n) is 3.84. The Morgan fingerprint density at radius 1 is 0.852 bits per heavy atom. The molecule has 0 radical (unpaired) electrons. The Hall–Kier alpha value is -3.22. The van der Waals surface area contributed by atoms with Crippen LogP contribution in [0.4, 0.5) is 0 Å². The molecule has 0 saturated carbocycles. The Morgan fingerprint density at radius 3 is 2.44 bits per heavy atom. The van der Waals surface area contributed by atoms with Crippen LogP contribution in [0.2, 0.25) is 0 Å². The van der Waals surface area contributed by atoms with Crippen molar-refractivity contribution in [3.63, 3.8) is 0 Å². The number of imidazole rings is 2. The lowest BCUT2D eigenvalue weighted by molar-refractivity contribution is -0.0441. The van der Waals surface area contributed by atoms with E-state index in [1.807, 2.05) is 42.9 Å². The minimum atomic E-state index is -0.263. The van der Waals surface area contributed by atoms with Gasteiger partial charge in [-0.3, -0.25) is 8.80 Å². The first-order chi connectivity index (χ1) is 13.4. The lowest BCUT2D eigenvalue weighted by Crippen LogP contribution is -1.99. The Morgan fingerprint density at radius 2 is 1.63 bits per heavy atom. The highest BCUT2D eigenvalue weighted by molar-refractivity contribution is 5.89. The third-order valence-corrected chi connectivity index (χ3v) is 5.08. The number of ether oxygens (including phenoxy) is 2. The molecule has 6 rings (SSSR count). The molecule has 1 fully saturated rings. The minimum absolute atomic E-state index is 0.263. The van der Waals surface area contributed by atoms with Gasteiger partial charge in [0, 0.05) is 23.5 Å². The average Bonchev–Trinajstić information content (AvgIpc) is 3.48. The van der Waals surface area contributed by atoms with Crippen LogP contribution in [0.5, 0.6) is 0 Å². The molecule has 0 atom stereocenters. The van der Waals surface area contributed by atoms with Gasteiger partial charge in [0.25, 0.3) is 0 Å². The van der Waals surface area contributed by atoms with E-state index in [1.54, 1.807) is 0 Å². The summed E-state index contributed by atoms with van der Waals surface area (Å²) in [6, 6.07) is 16.5. The molecule has 27 heavy (non-hydrogen) atoms. The van der Waals surface area contributed by atoms with Crippen molar-refractivity contribution in [3.05, 3.63) is 72.7 Å². The van der Waals surface area contributed by atoms with Crippen molar-refractivity contribution >= 4 is 22.2 Å². The summed E-state index contributed by atoms with van der Waals surface area (Å²) in [6.07, 6.45) is 5.44. The van der Waals surface area contributed by atoms with Gasteiger partial charge < -0.3 is 9.47 Å². The van der Waals surface area contributed by atoms with Crippen LogP contribution in [0.15, 0.2) is 67.1 Å². The molecule has 3 aromatic heterocycles. The fourth-order valence-corrected chi connectivity index (χ4v) is 3.84. The summed E-state index contributed by atoms with van der Waals surface area (Å²) in [5, 5.41) is 0. The molecule has 5 aromatic rings. The molecule has 0 unspecified atom stereocenters. The van der Waals surface area contributed by atoms with Crippen LogP contribution in [0.25, 0.3) is 33.6 Å². The molecule has 1 saturated heterocycles. The Balaban J connectivity index is 1.59. The number of hydrogen-bond donors (Lipinski definition) is 0. The van der Waals surface area contributed by atoms with E-state index in [0.29, 0.717) is 13.2 Å². The quantitative estimate of drug-likeness (QED) is 0.482. The highest BCUT2D eigenvalue weighted by Gasteiger charge is 2.19. The van der Waals surface area contributed by atoms with E-state index in [0.717, 1.165) is 39.1 Å². The largest absolute Gasteiger partial charge is 0.346 e. The van der Waals surface area contributed by atoms with E-state index in [2.05, 4.69) is 38.1 Å². The molecule has 0 amide bonds. The monoisotopic (exact) mass is 356 g/mol. The molecule has 1 aliphatic rings. The number of aromatic nitrogens is 4. The van der Waals surface area contributed by atoms with Crippen LogP contribution in [0.3, 0.4) is 0 Å². The number of benzene rings is 2. The second-order valence-corrected chi connectivity index (χ2v) is 6.61. The number of rotatable bonds is 2. The zero-order chi connectivity index (χ0) is 17.8. The lowest BCUT2D eigenvalue weighted by atomic mass is 10.1. The molecule has 0 aliphatic carbocycles. The SMILES string of the molecule is c1ccc2c(c1)n1ccnc1c1cnc(-c3ccc(C4OCCO4)cc3)n21. The summed E-state index contributed by atoms with van der Waals surface area (Å²) in [7, 11) is 0. The van der Waals surface area contributed by atoms with Crippen molar-refractivity contribution in [2.45, 2.75) is 6.29 Å². The van der Waals surface area contributed by atoms with Gasteiger partial charge in [0.05, 0.1) is 30.4 Å². The zero-order valence-corrected chi connectivity index (χ0v) is 14.4. The van der Waals surface area contributed by atoms with Gasteiger partial charge in [-0.1, -0.05) is 36.4 Å².